The van der Waals surface area contributed by atoms with Gasteiger partial charge in [0.15, 0.2) is 0 Å². The number of piperidine rings is 1. The first kappa shape index (κ1) is 14.8. The van der Waals surface area contributed by atoms with Crippen LogP contribution in [0.2, 0.25) is 0 Å². The number of piperazine rings is 1. The van der Waals surface area contributed by atoms with Crippen LogP contribution in [0, 0.1) is 11.8 Å². The highest BCUT2D eigenvalue weighted by atomic mass is 16.4. The van der Waals surface area contributed by atoms with Crippen molar-refractivity contribution in [1.82, 2.24) is 14.7 Å². The number of nitrogens with zero attached hydrogens (tertiary/aromatic N) is 3. The second kappa shape index (κ2) is 6.68. The second-order valence-corrected chi connectivity index (χ2v) is 6.19. The molecular weight excluding hydrogens is 242 g/mol. The molecule has 110 valence electrons. The molecule has 2 heterocycles. The average molecular weight is 269 g/mol. The van der Waals surface area contributed by atoms with Crippen LogP contribution in [0.25, 0.3) is 0 Å². The maximum atomic E-state index is 11.6. The summed E-state index contributed by atoms with van der Waals surface area (Å²) in [5.41, 5.74) is 0. The van der Waals surface area contributed by atoms with Crippen molar-refractivity contribution in [2.24, 2.45) is 11.8 Å². The molecule has 0 radical (unpaired) electrons. The zero-order valence-corrected chi connectivity index (χ0v) is 12.2. The van der Waals surface area contributed by atoms with Crippen LogP contribution in [-0.4, -0.2) is 85.7 Å². The molecule has 19 heavy (non-hydrogen) atoms. The van der Waals surface area contributed by atoms with Crippen molar-refractivity contribution in [2.75, 3.05) is 59.9 Å². The normalized spacial score (nSPS) is 26.4. The number of rotatable bonds is 4. The van der Waals surface area contributed by atoms with E-state index in [0.29, 0.717) is 5.92 Å². The molecule has 0 bridgehead atoms. The van der Waals surface area contributed by atoms with Crippen LogP contribution in [0.15, 0.2) is 0 Å². The van der Waals surface area contributed by atoms with Gasteiger partial charge in [-0.1, -0.05) is 0 Å². The van der Waals surface area contributed by atoms with Crippen LogP contribution in [0.1, 0.15) is 12.8 Å². The van der Waals surface area contributed by atoms with E-state index in [1.165, 1.54) is 0 Å². The Morgan fingerprint density at radius 2 is 1.58 bits per heavy atom. The molecule has 0 aromatic carbocycles. The molecule has 2 fully saturated rings. The standard InChI is InChI=1S/C14H27N3O2/c1-15-5-3-12(4-6-15)13(14(18)19)11-17-9-7-16(2)8-10-17/h12-13H,3-11H2,1-2H3,(H,18,19). The topological polar surface area (TPSA) is 47.0 Å². The molecule has 5 heteroatoms. The minimum absolute atomic E-state index is 0.183. The number of carbonyl (C=O) groups is 1. The predicted octanol–water partition coefficient (Wildman–Crippen LogP) is 0.276. The monoisotopic (exact) mass is 269 g/mol. The van der Waals surface area contributed by atoms with Gasteiger partial charge in [0.25, 0.3) is 0 Å². The molecule has 2 saturated heterocycles. The van der Waals surface area contributed by atoms with Crippen LogP contribution < -0.4 is 0 Å². The van der Waals surface area contributed by atoms with E-state index in [2.05, 4.69) is 28.8 Å². The SMILES string of the molecule is CN1CCC(C(CN2CCN(C)CC2)C(=O)O)CC1. The molecule has 5 nitrogen and oxygen atoms in total. The number of aliphatic carboxylic acids is 1. The molecule has 0 aromatic rings. The highest BCUT2D eigenvalue weighted by molar-refractivity contribution is 5.70. The van der Waals surface area contributed by atoms with Gasteiger partial charge >= 0.3 is 5.97 Å². The maximum Gasteiger partial charge on any atom is 0.308 e. The van der Waals surface area contributed by atoms with Crippen molar-refractivity contribution in [3.63, 3.8) is 0 Å². The lowest BCUT2D eigenvalue weighted by Crippen LogP contribution is -2.48. The maximum absolute atomic E-state index is 11.6. The molecular formula is C14H27N3O2. The number of hydrogen-bond donors (Lipinski definition) is 1. The van der Waals surface area contributed by atoms with E-state index in [1.807, 2.05) is 0 Å². The van der Waals surface area contributed by atoms with Gasteiger partial charge in [-0.2, -0.15) is 0 Å². The summed E-state index contributed by atoms with van der Waals surface area (Å²) in [4.78, 5) is 18.5. The summed E-state index contributed by atoms with van der Waals surface area (Å²) in [6.07, 6.45) is 2.06. The zero-order valence-electron chi connectivity index (χ0n) is 12.2. The van der Waals surface area contributed by atoms with E-state index < -0.39 is 5.97 Å². The number of carboxylic acids is 1. The van der Waals surface area contributed by atoms with E-state index in [4.69, 9.17) is 0 Å². The van der Waals surface area contributed by atoms with E-state index >= 15 is 0 Å². The summed E-state index contributed by atoms with van der Waals surface area (Å²) in [6, 6.07) is 0. The summed E-state index contributed by atoms with van der Waals surface area (Å²) in [6.45, 7) is 6.94. The van der Waals surface area contributed by atoms with Gasteiger partial charge in [0.05, 0.1) is 5.92 Å². The number of hydrogen-bond acceptors (Lipinski definition) is 4. The summed E-state index contributed by atoms with van der Waals surface area (Å²) >= 11 is 0. The van der Waals surface area contributed by atoms with Crippen LogP contribution in [0.4, 0.5) is 0 Å². The first-order valence-corrected chi connectivity index (χ1v) is 7.38. The number of likely N-dealkylation sites (N-methyl/N-ethyl adjacent to an activating group) is 1. The van der Waals surface area contributed by atoms with Gasteiger partial charge in [0, 0.05) is 32.7 Å². The molecule has 1 N–H and O–H groups in total. The van der Waals surface area contributed by atoms with E-state index in [-0.39, 0.29) is 5.92 Å². The molecule has 0 saturated carbocycles. The molecule has 1 unspecified atom stereocenters. The Hall–Kier alpha value is -0.650. The largest absolute Gasteiger partial charge is 0.481 e. The average Bonchev–Trinajstić information content (AvgIpc) is 2.39. The fraction of sp³-hybridized carbons (Fsp3) is 0.929. The third kappa shape index (κ3) is 4.16. The minimum Gasteiger partial charge on any atom is -0.481 e. The Kier molecular flexibility index (Phi) is 5.19. The highest BCUT2D eigenvalue weighted by Gasteiger charge is 2.32. The van der Waals surface area contributed by atoms with E-state index in [0.717, 1.165) is 58.7 Å². The summed E-state index contributed by atoms with van der Waals surface area (Å²) in [5, 5.41) is 9.52. The van der Waals surface area contributed by atoms with Gasteiger partial charge in [-0.25, -0.2) is 0 Å². The molecule has 2 aliphatic heterocycles. The van der Waals surface area contributed by atoms with Crippen molar-refractivity contribution in [1.29, 1.82) is 0 Å². The Labute approximate surface area is 116 Å². The number of likely N-dealkylation sites (tertiary alicyclic amines) is 1. The molecule has 2 aliphatic rings. The molecule has 1 atom stereocenters. The Morgan fingerprint density at radius 3 is 2.11 bits per heavy atom. The van der Waals surface area contributed by atoms with Gasteiger partial charge in [-0.15, -0.1) is 0 Å². The minimum atomic E-state index is -0.603. The van der Waals surface area contributed by atoms with E-state index in [9.17, 15) is 9.90 Å². The van der Waals surface area contributed by atoms with E-state index in [1.54, 1.807) is 0 Å². The fourth-order valence-electron chi connectivity index (χ4n) is 3.17. The molecule has 0 spiro atoms. The Bertz CT molecular complexity index is 295. The zero-order chi connectivity index (χ0) is 13.8. The van der Waals surface area contributed by atoms with Gasteiger partial charge in [0.2, 0.25) is 0 Å². The predicted molar refractivity (Wildman–Crippen MR) is 75.3 cm³/mol. The fourth-order valence-corrected chi connectivity index (χ4v) is 3.17. The first-order chi connectivity index (χ1) is 9.06. The number of carboxylic acid groups (broad SMARTS) is 1. The van der Waals surface area contributed by atoms with Gasteiger partial charge in [-0.05, 0) is 45.9 Å². The van der Waals surface area contributed by atoms with Crippen molar-refractivity contribution in [2.45, 2.75) is 12.8 Å². The quantitative estimate of drug-likeness (QED) is 0.794. The molecule has 0 amide bonds. The Morgan fingerprint density at radius 1 is 1.05 bits per heavy atom. The highest BCUT2D eigenvalue weighted by Crippen LogP contribution is 2.26. The lowest BCUT2D eigenvalue weighted by Gasteiger charge is -2.37. The van der Waals surface area contributed by atoms with Crippen molar-refractivity contribution < 1.29 is 9.90 Å². The van der Waals surface area contributed by atoms with Gasteiger partial charge in [0.1, 0.15) is 0 Å². The third-order valence-corrected chi connectivity index (χ3v) is 4.70. The van der Waals surface area contributed by atoms with Crippen LogP contribution in [0.3, 0.4) is 0 Å². The third-order valence-electron chi connectivity index (χ3n) is 4.70. The summed E-state index contributed by atoms with van der Waals surface area (Å²) < 4.78 is 0. The first-order valence-electron chi connectivity index (χ1n) is 7.38. The summed E-state index contributed by atoms with van der Waals surface area (Å²) in [5.74, 6) is -0.432. The molecule has 0 aliphatic carbocycles. The lowest BCUT2D eigenvalue weighted by atomic mass is 9.84. The van der Waals surface area contributed by atoms with Crippen molar-refractivity contribution in [3.8, 4) is 0 Å². The van der Waals surface area contributed by atoms with Crippen LogP contribution in [0.5, 0.6) is 0 Å². The smallest absolute Gasteiger partial charge is 0.308 e. The Balaban J connectivity index is 1.87. The molecule has 0 aromatic heterocycles. The van der Waals surface area contributed by atoms with Crippen LogP contribution >= 0.6 is 0 Å². The lowest BCUT2D eigenvalue weighted by molar-refractivity contribution is -0.145. The van der Waals surface area contributed by atoms with Gasteiger partial charge < -0.3 is 14.9 Å². The van der Waals surface area contributed by atoms with Crippen molar-refractivity contribution in [3.05, 3.63) is 0 Å². The van der Waals surface area contributed by atoms with Crippen molar-refractivity contribution >= 4 is 5.97 Å². The van der Waals surface area contributed by atoms with Crippen LogP contribution in [-0.2, 0) is 4.79 Å². The van der Waals surface area contributed by atoms with Gasteiger partial charge in [-0.3, -0.25) is 9.69 Å². The molecule has 2 rings (SSSR count). The second-order valence-electron chi connectivity index (χ2n) is 6.19. The summed E-state index contributed by atoms with van der Waals surface area (Å²) in [7, 11) is 4.25.